The summed E-state index contributed by atoms with van der Waals surface area (Å²) in [5, 5.41) is 18.7. The van der Waals surface area contributed by atoms with E-state index in [0.29, 0.717) is 13.0 Å². The number of aliphatic hydroxyl groups is 1. The predicted molar refractivity (Wildman–Crippen MR) is 54.2 cm³/mol. The first-order chi connectivity index (χ1) is 6.81. The van der Waals surface area contributed by atoms with Crippen molar-refractivity contribution in [3.05, 3.63) is 0 Å². The topological polar surface area (TPSA) is 70.0 Å². The van der Waals surface area contributed by atoms with E-state index in [2.05, 4.69) is 0 Å². The molecule has 0 saturated carbocycles. The fourth-order valence-corrected chi connectivity index (χ4v) is 1.70. The summed E-state index contributed by atoms with van der Waals surface area (Å²) >= 11 is 0. The fraction of sp³-hybridized carbons (Fsp3) is 0.900. The van der Waals surface area contributed by atoms with Gasteiger partial charge < -0.3 is 14.9 Å². The summed E-state index contributed by atoms with van der Waals surface area (Å²) in [5.74, 6) is -0.899. The second-order valence-corrected chi connectivity index (χ2v) is 4.79. The maximum atomic E-state index is 10.9. The molecule has 0 aliphatic carbocycles. The number of carboxylic acids is 1. The van der Waals surface area contributed by atoms with Gasteiger partial charge in [0.2, 0.25) is 6.41 Å². The van der Waals surface area contributed by atoms with Crippen LogP contribution in [0.5, 0.6) is 0 Å². The van der Waals surface area contributed by atoms with Crippen molar-refractivity contribution in [1.82, 2.24) is 4.90 Å². The number of nitrogens with zero attached hydrogens (tertiary/aromatic N) is 1. The van der Waals surface area contributed by atoms with Crippen molar-refractivity contribution in [1.29, 1.82) is 0 Å². The molecule has 0 spiro atoms. The van der Waals surface area contributed by atoms with Crippen LogP contribution in [-0.4, -0.2) is 45.7 Å². The third-order valence-corrected chi connectivity index (χ3v) is 2.32. The van der Waals surface area contributed by atoms with Crippen LogP contribution in [-0.2, 0) is 9.53 Å². The van der Waals surface area contributed by atoms with Gasteiger partial charge >= 0.3 is 5.97 Å². The van der Waals surface area contributed by atoms with Gasteiger partial charge in [-0.1, -0.05) is 0 Å². The molecule has 1 aliphatic rings. The number of hydrogen-bond acceptors (Lipinski definition) is 4. The number of carboxylic acid groups (broad SMARTS) is 1. The molecule has 88 valence electrons. The van der Waals surface area contributed by atoms with Crippen LogP contribution in [0.1, 0.15) is 33.6 Å². The second-order valence-electron chi connectivity index (χ2n) is 4.79. The lowest BCUT2D eigenvalue weighted by molar-refractivity contribution is -0.243. The smallest absolute Gasteiger partial charge is 0.321 e. The van der Waals surface area contributed by atoms with Gasteiger partial charge in [-0.05, 0) is 33.6 Å². The number of aliphatic carboxylic acids is 1. The molecule has 15 heavy (non-hydrogen) atoms. The van der Waals surface area contributed by atoms with Crippen molar-refractivity contribution in [3.63, 3.8) is 0 Å². The highest BCUT2D eigenvalue weighted by Crippen LogP contribution is 2.22. The Morgan fingerprint density at radius 3 is 2.60 bits per heavy atom. The number of carbonyl (C=O) groups is 1. The van der Waals surface area contributed by atoms with Crippen LogP contribution in [0.4, 0.5) is 0 Å². The van der Waals surface area contributed by atoms with E-state index >= 15 is 0 Å². The van der Waals surface area contributed by atoms with Crippen LogP contribution < -0.4 is 0 Å². The maximum absolute atomic E-state index is 10.9. The van der Waals surface area contributed by atoms with E-state index in [0.717, 1.165) is 6.42 Å². The normalized spacial score (nSPS) is 25.5. The van der Waals surface area contributed by atoms with Gasteiger partial charge in [0.25, 0.3) is 0 Å². The molecule has 1 fully saturated rings. The van der Waals surface area contributed by atoms with Crippen molar-refractivity contribution in [2.75, 3.05) is 6.54 Å². The molecule has 0 amide bonds. The zero-order valence-electron chi connectivity index (χ0n) is 9.43. The highest BCUT2D eigenvalue weighted by molar-refractivity contribution is 5.73. The monoisotopic (exact) mass is 217 g/mol. The Labute approximate surface area is 89.6 Å². The van der Waals surface area contributed by atoms with Crippen LogP contribution in [0, 0.1) is 0 Å². The molecule has 0 aromatic rings. The molecule has 1 rings (SSSR count). The molecule has 5 nitrogen and oxygen atoms in total. The molecular formula is C10H19NO4. The molecular weight excluding hydrogens is 198 g/mol. The minimum absolute atomic E-state index is 0.481. The standard InChI is InChI=1S/C10H19NO4/c1-10(2,3)15-9(14)11-6-4-5-7(11)8(12)13/h7,9,14H,4-6H2,1-3H3,(H,12,13). The van der Waals surface area contributed by atoms with Gasteiger partial charge in [0, 0.05) is 6.54 Å². The predicted octanol–water partition coefficient (Wildman–Crippen LogP) is 0.626. The summed E-state index contributed by atoms with van der Waals surface area (Å²) < 4.78 is 5.32. The summed E-state index contributed by atoms with van der Waals surface area (Å²) in [7, 11) is 0. The number of aliphatic hydroxyl groups excluding tert-OH is 1. The third-order valence-electron chi connectivity index (χ3n) is 2.32. The number of ether oxygens (including phenoxy) is 1. The summed E-state index contributed by atoms with van der Waals surface area (Å²) in [4.78, 5) is 12.4. The Morgan fingerprint density at radius 2 is 2.13 bits per heavy atom. The van der Waals surface area contributed by atoms with Crippen LogP contribution >= 0.6 is 0 Å². The van der Waals surface area contributed by atoms with Crippen LogP contribution in [0.2, 0.25) is 0 Å². The Bertz CT molecular complexity index is 236. The Morgan fingerprint density at radius 1 is 1.53 bits per heavy atom. The fourth-order valence-electron chi connectivity index (χ4n) is 1.70. The average molecular weight is 217 g/mol. The Kier molecular flexibility index (Phi) is 3.70. The largest absolute Gasteiger partial charge is 0.480 e. The zero-order valence-corrected chi connectivity index (χ0v) is 9.43. The number of rotatable bonds is 3. The van der Waals surface area contributed by atoms with E-state index in [-0.39, 0.29) is 0 Å². The van der Waals surface area contributed by atoms with Gasteiger partial charge in [0.05, 0.1) is 5.60 Å². The van der Waals surface area contributed by atoms with E-state index in [1.54, 1.807) is 0 Å². The molecule has 0 radical (unpaired) electrons. The van der Waals surface area contributed by atoms with Crippen molar-refractivity contribution >= 4 is 5.97 Å². The van der Waals surface area contributed by atoms with Crippen LogP contribution in [0.15, 0.2) is 0 Å². The van der Waals surface area contributed by atoms with Gasteiger partial charge in [-0.3, -0.25) is 4.79 Å². The van der Waals surface area contributed by atoms with Gasteiger partial charge in [0.1, 0.15) is 6.04 Å². The molecule has 5 heteroatoms. The molecule has 1 aliphatic heterocycles. The summed E-state index contributed by atoms with van der Waals surface area (Å²) in [6.07, 6.45) is 0.218. The van der Waals surface area contributed by atoms with Crippen molar-refractivity contribution in [3.8, 4) is 0 Å². The molecule has 0 aromatic carbocycles. The highest BCUT2D eigenvalue weighted by atomic mass is 16.6. The maximum Gasteiger partial charge on any atom is 0.321 e. The van der Waals surface area contributed by atoms with Crippen LogP contribution in [0.3, 0.4) is 0 Å². The van der Waals surface area contributed by atoms with Crippen molar-refractivity contribution in [2.24, 2.45) is 0 Å². The van der Waals surface area contributed by atoms with E-state index in [4.69, 9.17) is 9.84 Å². The summed E-state index contributed by atoms with van der Waals surface area (Å²) in [6, 6.07) is -0.623. The van der Waals surface area contributed by atoms with E-state index in [1.165, 1.54) is 4.90 Å². The minimum atomic E-state index is -1.13. The van der Waals surface area contributed by atoms with Crippen molar-refractivity contribution in [2.45, 2.75) is 51.7 Å². The zero-order chi connectivity index (χ0) is 11.6. The van der Waals surface area contributed by atoms with Crippen molar-refractivity contribution < 1.29 is 19.7 Å². The average Bonchev–Trinajstić information content (AvgIpc) is 2.47. The first kappa shape index (κ1) is 12.4. The van der Waals surface area contributed by atoms with Gasteiger partial charge in [0.15, 0.2) is 0 Å². The molecule has 2 atom stereocenters. The SMILES string of the molecule is CC(C)(C)OC(O)N1CCCC1C(=O)O. The number of likely N-dealkylation sites (tertiary alicyclic amines) is 1. The molecule has 2 N–H and O–H groups in total. The lowest BCUT2D eigenvalue weighted by Gasteiger charge is -2.31. The van der Waals surface area contributed by atoms with Gasteiger partial charge in [-0.15, -0.1) is 0 Å². The Balaban J connectivity index is 2.58. The molecule has 1 saturated heterocycles. The molecule has 0 aromatic heterocycles. The van der Waals surface area contributed by atoms with E-state index in [1.807, 2.05) is 20.8 Å². The highest BCUT2D eigenvalue weighted by Gasteiger charge is 2.36. The first-order valence-corrected chi connectivity index (χ1v) is 5.16. The quantitative estimate of drug-likeness (QED) is 0.678. The van der Waals surface area contributed by atoms with E-state index in [9.17, 15) is 9.90 Å². The molecule has 2 unspecified atom stereocenters. The molecule has 0 bridgehead atoms. The summed E-state index contributed by atoms with van der Waals surface area (Å²) in [5.41, 5.74) is -0.481. The van der Waals surface area contributed by atoms with Crippen LogP contribution in [0.25, 0.3) is 0 Å². The van der Waals surface area contributed by atoms with Gasteiger partial charge in [-0.25, -0.2) is 4.90 Å². The lowest BCUT2D eigenvalue weighted by Crippen LogP contribution is -2.47. The first-order valence-electron chi connectivity index (χ1n) is 5.16. The van der Waals surface area contributed by atoms with E-state index < -0.39 is 24.0 Å². The van der Waals surface area contributed by atoms with Gasteiger partial charge in [-0.2, -0.15) is 0 Å². The summed E-state index contributed by atoms with van der Waals surface area (Å²) in [6.45, 7) is 6.03. The molecule has 1 heterocycles. The third kappa shape index (κ3) is 3.44. The Hall–Kier alpha value is -0.650. The number of hydrogen-bond donors (Lipinski definition) is 2. The second kappa shape index (κ2) is 4.47. The lowest BCUT2D eigenvalue weighted by atomic mass is 10.2. The minimum Gasteiger partial charge on any atom is -0.480 e.